The second-order valence-electron chi connectivity index (χ2n) is 3.56. The zero-order valence-corrected chi connectivity index (χ0v) is 9.48. The normalized spacial score (nSPS) is 9.88. The maximum absolute atomic E-state index is 11.4. The topological polar surface area (TPSA) is 78.4 Å². The maximum Gasteiger partial charge on any atom is 0.304 e. The molecule has 0 aliphatic heterocycles. The smallest absolute Gasteiger partial charge is 0.304 e. The van der Waals surface area contributed by atoms with Gasteiger partial charge in [0, 0.05) is 25.2 Å². The Morgan fingerprint density at radius 1 is 1.06 bits per heavy atom. The Hall–Kier alpha value is -1.88. The third kappa shape index (κ3) is 6.32. The molecule has 0 bridgehead atoms. The van der Waals surface area contributed by atoms with Crippen molar-refractivity contribution >= 4 is 17.6 Å². The second kappa shape index (κ2) is 7.40. The molecule has 0 saturated carbocycles. The van der Waals surface area contributed by atoms with E-state index in [4.69, 9.17) is 5.11 Å². The van der Waals surface area contributed by atoms with Crippen LogP contribution in [0.5, 0.6) is 0 Å². The zero-order valence-electron chi connectivity index (χ0n) is 9.48. The Morgan fingerprint density at radius 2 is 1.71 bits per heavy atom. The van der Waals surface area contributed by atoms with Crippen LogP contribution in [0.2, 0.25) is 0 Å². The largest absolute Gasteiger partial charge is 0.481 e. The van der Waals surface area contributed by atoms with Crippen molar-refractivity contribution in [3.63, 3.8) is 0 Å². The quantitative estimate of drug-likeness (QED) is 0.619. The third-order valence-corrected chi connectivity index (χ3v) is 2.10. The predicted molar refractivity (Wildman–Crippen MR) is 64.8 cm³/mol. The number of benzene rings is 1. The Balaban J connectivity index is 2.12. The number of hydrogen-bond acceptors (Lipinski definition) is 3. The first-order valence-electron chi connectivity index (χ1n) is 5.46. The van der Waals surface area contributed by atoms with Crippen molar-refractivity contribution in [1.29, 1.82) is 0 Å². The molecule has 3 N–H and O–H groups in total. The summed E-state index contributed by atoms with van der Waals surface area (Å²) in [4.78, 5) is 21.7. The molecule has 0 unspecified atom stereocenters. The fourth-order valence-corrected chi connectivity index (χ4v) is 1.27. The minimum atomic E-state index is -0.841. The highest BCUT2D eigenvalue weighted by molar-refractivity contribution is 5.90. The molecule has 1 aromatic rings. The van der Waals surface area contributed by atoms with Gasteiger partial charge in [-0.3, -0.25) is 9.59 Å². The molecule has 0 saturated heterocycles. The number of nitrogens with one attached hydrogen (secondary N) is 2. The average Bonchev–Trinajstić information content (AvgIpc) is 2.29. The molecule has 92 valence electrons. The van der Waals surface area contributed by atoms with Crippen LogP contribution in [-0.2, 0) is 9.59 Å². The number of hydrogen-bond donors (Lipinski definition) is 3. The van der Waals surface area contributed by atoms with Gasteiger partial charge in [0.15, 0.2) is 0 Å². The molecule has 17 heavy (non-hydrogen) atoms. The van der Waals surface area contributed by atoms with Crippen molar-refractivity contribution in [2.75, 3.05) is 18.4 Å². The van der Waals surface area contributed by atoms with E-state index in [1.807, 2.05) is 30.3 Å². The van der Waals surface area contributed by atoms with Crippen LogP contribution < -0.4 is 10.6 Å². The number of rotatable bonds is 7. The highest BCUT2D eigenvalue weighted by Gasteiger charge is 2.01. The molecule has 0 aliphatic rings. The Morgan fingerprint density at radius 3 is 2.35 bits per heavy atom. The summed E-state index contributed by atoms with van der Waals surface area (Å²) in [5.41, 5.74) is 0.767. The van der Waals surface area contributed by atoms with Crippen LogP contribution in [0.4, 0.5) is 5.69 Å². The van der Waals surface area contributed by atoms with Gasteiger partial charge < -0.3 is 15.7 Å². The molecule has 0 aromatic heterocycles. The number of anilines is 1. The van der Waals surface area contributed by atoms with Crippen LogP contribution in [-0.4, -0.2) is 30.1 Å². The molecule has 0 heterocycles. The molecule has 1 amide bonds. The average molecular weight is 236 g/mol. The van der Waals surface area contributed by atoms with Crippen molar-refractivity contribution in [2.45, 2.75) is 12.8 Å². The van der Waals surface area contributed by atoms with E-state index >= 15 is 0 Å². The summed E-state index contributed by atoms with van der Waals surface area (Å²) in [5, 5.41) is 14.0. The molecule has 0 aliphatic carbocycles. The van der Waals surface area contributed by atoms with Crippen molar-refractivity contribution in [1.82, 2.24) is 5.32 Å². The second-order valence-corrected chi connectivity index (χ2v) is 3.56. The molecule has 0 spiro atoms. The first-order chi connectivity index (χ1) is 8.18. The molecule has 0 atom stereocenters. The molecule has 1 aromatic carbocycles. The fraction of sp³-hybridized carbons (Fsp3) is 0.333. The highest BCUT2D eigenvalue weighted by atomic mass is 16.4. The van der Waals surface area contributed by atoms with E-state index in [1.165, 1.54) is 0 Å². The minimum Gasteiger partial charge on any atom is -0.481 e. The number of carbonyl (C=O) groups is 2. The lowest BCUT2D eigenvalue weighted by molar-refractivity contribution is -0.136. The molecular formula is C12H16N2O3. The van der Waals surface area contributed by atoms with Crippen LogP contribution in [0.1, 0.15) is 12.8 Å². The molecular weight excluding hydrogens is 220 g/mol. The first kappa shape index (κ1) is 13.2. The lowest BCUT2D eigenvalue weighted by atomic mass is 10.3. The van der Waals surface area contributed by atoms with Crippen molar-refractivity contribution < 1.29 is 14.7 Å². The van der Waals surface area contributed by atoms with Crippen LogP contribution in [0.3, 0.4) is 0 Å². The summed E-state index contributed by atoms with van der Waals surface area (Å²) in [6.07, 6.45) is 0.398. The molecule has 0 radical (unpaired) electrons. The van der Waals surface area contributed by atoms with Crippen molar-refractivity contribution in [3.05, 3.63) is 30.3 Å². The van der Waals surface area contributed by atoms with Gasteiger partial charge in [0.2, 0.25) is 5.91 Å². The highest BCUT2D eigenvalue weighted by Crippen LogP contribution is 2.04. The van der Waals surface area contributed by atoms with Gasteiger partial charge in [-0.25, -0.2) is 0 Å². The third-order valence-electron chi connectivity index (χ3n) is 2.10. The lowest BCUT2D eigenvalue weighted by Crippen LogP contribution is -2.23. The Bertz CT molecular complexity index is 365. The molecule has 5 heteroatoms. The lowest BCUT2D eigenvalue weighted by Gasteiger charge is -2.05. The summed E-state index contributed by atoms with van der Waals surface area (Å²) in [6.45, 7) is 0.861. The SMILES string of the molecule is O=C(O)CCNCCC(=O)Nc1ccccc1. The summed E-state index contributed by atoms with van der Waals surface area (Å²) >= 11 is 0. The summed E-state index contributed by atoms with van der Waals surface area (Å²) in [6, 6.07) is 9.20. The van der Waals surface area contributed by atoms with E-state index in [2.05, 4.69) is 10.6 Å². The molecule has 1 rings (SSSR count). The maximum atomic E-state index is 11.4. The summed E-state index contributed by atoms with van der Waals surface area (Å²) in [5.74, 6) is -0.926. The van der Waals surface area contributed by atoms with Gasteiger partial charge in [-0.05, 0) is 12.1 Å². The van der Waals surface area contributed by atoms with Crippen LogP contribution in [0, 0.1) is 0 Å². The van der Waals surface area contributed by atoms with Crippen LogP contribution in [0.15, 0.2) is 30.3 Å². The standard InChI is InChI=1S/C12H16N2O3/c15-11(6-8-13-9-7-12(16)17)14-10-4-2-1-3-5-10/h1-5,13H,6-9H2,(H,14,15)(H,16,17). The van der Waals surface area contributed by atoms with E-state index in [-0.39, 0.29) is 12.3 Å². The Labute approximate surface area is 99.8 Å². The van der Waals surface area contributed by atoms with E-state index in [0.717, 1.165) is 5.69 Å². The van der Waals surface area contributed by atoms with Gasteiger partial charge in [0.25, 0.3) is 0 Å². The number of carboxylic acids is 1. The van der Waals surface area contributed by atoms with Crippen LogP contribution >= 0.6 is 0 Å². The van der Waals surface area contributed by atoms with E-state index in [1.54, 1.807) is 0 Å². The summed E-state index contributed by atoms with van der Waals surface area (Å²) in [7, 11) is 0. The predicted octanol–water partition coefficient (Wildman–Crippen LogP) is 1.08. The van der Waals surface area contributed by atoms with Gasteiger partial charge in [-0.2, -0.15) is 0 Å². The van der Waals surface area contributed by atoms with Crippen LogP contribution in [0.25, 0.3) is 0 Å². The van der Waals surface area contributed by atoms with Gasteiger partial charge in [0.05, 0.1) is 6.42 Å². The van der Waals surface area contributed by atoms with Gasteiger partial charge in [0.1, 0.15) is 0 Å². The number of aliphatic carboxylic acids is 1. The monoisotopic (exact) mass is 236 g/mol. The van der Waals surface area contributed by atoms with Crippen molar-refractivity contribution in [3.8, 4) is 0 Å². The minimum absolute atomic E-state index is 0.0697. The number of amides is 1. The van der Waals surface area contributed by atoms with E-state index < -0.39 is 5.97 Å². The number of carbonyl (C=O) groups excluding carboxylic acids is 1. The number of carboxylic acid groups (broad SMARTS) is 1. The molecule has 5 nitrogen and oxygen atoms in total. The van der Waals surface area contributed by atoms with Gasteiger partial charge >= 0.3 is 5.97 Å². The van der Waals surface area contributed by atoms with Gasteiger partial charge in [-0.15, -0.1) is 0 Å². The first-order valence-corrected chi connectivity index (χ1v) is 5.46. The van der Waals surface area contributed by atoms with Crippen molar-refractivity contribution in [2.24, 2.45) is 0 Å². The number of para-hydroxylation sites is 1. The molecule has 0 fully saturated rings. The van der Waals surface area contributed by atoms with E-state index in [0.29, 0.717) is 19.5 Å². The Kier molecular flexibility index (Phi) is 5.74. The fourth-order valence-electron chi connectivity index (χ4n) is 1.27. The zero-order chi connectivity index (χ0) is 12.5. The summed E-state index contributed by atoms with van der Waals surface area (Å²) < 4.78 is 0. The van der Waals surface area contributed by atoms with E-state index in [9.17, 15) is 9.59 Å². The van der Waals surface area contributed by atoms with Gasteiger partial charge in [-0.1, -0.05) is 18.2 Å².